The van der Waals surface area contributed by atoms with E-state index in [4.69, 9.17) is 10.00 Å². The second kappa shape index (κ2) is 11.5. The molecule has 2 fully saturated rings. The van der Waals surface area contributed by atoms with Crippen LogP contribution < -0.4 is 5.32 Å². The van der Waals surface area contributed by atoms with E-state index in [0.717, 1.165) is 51.4 Å². The van der Waals surface area contributed by atoms with Gasteiger partial charge in [0.25, 0.3) is 5.91 Å². The zero-order valence-electron chi connectivity index (χ0n) is 18.0. The molecular weight excluding hydrogens is 394 g/mol. The van der Waals surface area contributed by atoms with Crippen LogP contribution in [0.15, 0.2) is 24.3 Å². The molecule has 0 spiro atoms. The van der Waals surface area contributed by atoms with Gasteiger partial charge in [0, 0.05) is 17.8 Å². The summed E-state index contributed by atoms with van der Waals surface area (Å²) in [6.07, 6.45) is 11.0. The van der Waals surface area contributed by atoms with Crippen LogP contribution in [0.5, 0.6) is 0 Å². The fraction of sp³-hybridized carbons (Fsp3) is 0.583. The number of nitrogens with one attached hydrogen (secondary N) is 1. The van der Waals surface area contributed by atoms with Gasteiger partial charge < -0.3 is 15.0 Å². The van der Waals surface area contributed by atoms with E-state index in [9.17, 15) is 14.4 Å². The topological polar surface area (TPSA) is 99.5 Å². The minimum Gasteiger partial charge on any atom is -0.452 e. The van der Waals surface area contributed by atoms with E-state index in [1.807, 2.05) is 4.90 Å². The highest BCUT2D eigenvalue weighted by atomic mass is 16.5. The van der Waals surface area contributed by atoms with Crippen LogP contribution in [0.3, 0.4) is 0 Å². The summed E-state index contributed by atoms with van der Waals surface area (Å²) < 4.78 is 5.35. The number of amides is 2. The second-order valence-electron chi connectivity index (χ2n) is 8.42. The molecule has 2 amide bonds. The highest BCUT2D eigenvalue weighted by Gasteiger charge is 2.32. The number of anilines is 1. The number of nitrogens with zero attached hydrogens (tertiary/aromatic N) is 2. The van der Waals surface area contributed by atoms with Crippen LogP contribution in [0.4, 0.5) is 5.69 Å². The number of carbonyl (C=O) groups is 3. The molecule has 166 valence electrons. The van der Waals surface area contributed by atoms with E-state index in [2.05, 4.69) is 5.32 Å². The van der Waals surface area contributed by atoms with Gasteiger partial charge in [-0.2, -0.15) is 5.26 Å². The van der Waals surface area contributed by atoms with Crippen molar-refractivity contribution in [3.63, 3.8) is 0 Å². The molecule has 0 radical (unpaired) electrons. The Kier molecular flexibility index (Phi) is 8.45. The number of nitriles is 1. The molecule has 7 nitrogen and oxygen atoms in total. The molecule has 31 heavy (non-hydrogen) atoms. The molecule has 0 atom stereocenters. The maximum absolute atomic E-state index is 13.1. The summed E-state index contributed by atoms with van der Waals surface area (Å²) in [6, 6.07) is 8.53. The molecule has 0 unspecified atom stereocenters. The maximum Gasteiger partial charge on any atom is 0.338 e. The summed E-state index contributed by atoms with van der Waals surface area (Å²) in [5, 5.41) is 11.1. The third-order valence-corrected chi connectivity index (χ3v) is 6.19. The monoisotopic (exact) mass is 425 g/mol. The second-order valence-corrected chi connectivity index (χ2v) is 8.42. The molecule has 1 N–H and O–H groups in total. The Morgan fingerprint density at radius 2 is 1.48 bits per heavy atom. The largest absolute Gasteiger partial charge is 0.452 e. The van der Waals surface area contributed by atoms with E-state index < -0.39 is 11.9 Å². The lowest BCUT2D eigenvalue weighted by molar-refractivity contribution is -0.141. The number of hydrogen-bond donors (Lipinski definition) is 1. The zero-order chi connectivity index (χ0) is 22.1. The average molecular weight is 426 g/mol. The Balaban J connectivity index is 1.57. The number of carbonyl (C=O) groups excluding carboxylic acids is 3. The third-order valence-electron chi connectivity index (χ3n) is 6.19. The van der Waals surface area contributed by atoms with Crippen LogP contribution in [0.2, 0.25) is 0 Å². The van der Waals surface area contributed by atoms with E-state index in [0.29, 0.717) is 11.3 Å². The SMILES string of the molecule is N#CCC(=O)Nc1ccc(C(=O)OCC(=O)N(C2CCCCC2)C2CCCCC2)cc1. The van der Waals surface area contributed by atoms with Crippen LogP contribution >= 0.6 is 0 Å². The normalized spacial score (nSPS) is 17.4. The molecule has 1 aromatic carbocycles. The number of hydrogen-bond acceptors (Lipinski definition) is 5. The van der Waals surface area contributed by atoms with Crippen molar-refractivity contribution in [3.05, 3.63) is 29.8 Å². The van der Waals surface area contributed by atoms with Crippen molar-refractivity contribution in [2.45, 2.75) is 82.7 Å². The minimum absolute atomic E-state index is 0.0902. The Morgan fingerprint density at radius 3 is 2.00 bits per heavy atom. The molecule has 2 saturated carbocycles. The van der Waals surface area contributed by atoms with E-state index in [-0.39, 0.29) is 31.0 Å². The van der Waals surface area contributed by atoms with Gasteiger partial charge in [0.2, 0.25) is 5.91 Å². The maximum atomic E-state index is 13.1. The Bertz CT molecular complexity index is 785. The summed E-state index contributed by atoms with van der Waals surface area (Å²) in [6.45, 7) is -0.244. The summed E-state index contributed by atoms with van der Waals surface area (Å²) in [7, 11) is 0. The summed E-state index contributed by atoms with van der Waals surface area (Å²) >= 11 is 0. The number of rotatable bonds is 7. The van der Waals surface area contributed by atoms with Gasteiger partial charge in [-0.05, 0) is 49.9 Å². The van der Waals surface area contributed by atoms with Gasteiger partial charge in [0.05, 0.1) is 11.6 Å². The predicted molar refractivity (Wildman–Crippen MR) is 116 cm³/mol. The van der Waals surface area contributed by atoms with E-state index in [1.54, 1.807) is 18.2 Å². The van der Waals surface area contributed by atoms with Crippen molar-refractivity contribution in [3.8, 4) is 6.07 Å². The van der Waals surface area contributed by atoms with Gasteiger partial charge in [-0.1, -0.05) is 38.5 Å². The van der Waals surface area contributed by atoms with Crippen molar-refractivity contribution in [2.75, 3.05) is 11.9 Å². The van der Waals surface area contributed by atoms with Crippen molar-refractivity contribution in [1.82, 2.24) is 4.90 Å². The quantitative estimate of drug-likeness (QED) is 0.660. The lowest BCUT2D eigenvalue weighted by Gasteiger charge is -2.41. The lowest BCUT2D eigenvalue weighted by atomic mass is 9.88. The first-order chi connectivity index (χ1) is 15.1. The molecule has 0 heterocycles. The Labute approximate surface area is 183 Å². The molecule has 0 aliphatic heterocycles. The van der Waals surface area contributed by atoms with Crippen LogP contribution in [0, 0.1) is 11.3 Å². The van der Waals surface area contributed by atoms with Crippen LogP contribution in [0.25, 0.3) is 0 Å². The summed E-state index contributed by atoms with van der Waals surface area (Å²) in [4.78, 5) is 39.0. The first-order valence-corrected chi connectivity index (χ1v) is 11.3. The Morgan fingerprint density at radius 1 is 0.935 bits per heavy atom. The fourth-order valence-electron chi connectivity index (χ4n) is 4.68. The van der Waals surface area contributed by atoms with Crippen molar-refractivity contribution >= 4 is 23.5 Å². The molecule has 2 aliphatic carbocycles. The summed E-state index contributed by atoms with van der Waals surface area (Å²) in [5.74, 6) is -1.06. The van der Waals surface area contributed by atoms with Crippen molar-refractivity contribution in [1.29, 1.82) is 5.26 Å². The van der Waals surface area contributed by atoms with Gasteiger partial charge in [-0.3, -0.25) is 9.59 Å². The minimum atomic E-state index is -0.560. The smallest absolute Gasteiger partial charge is 0.338 e. The molecule has 3 rings (SSSR count). The average Bonchev–Trinajstić information content (AvgIpc) is 2.80. The van der Waals surface area contributed by atoms with Crippen molar-refractivity contribution in [2.24, 2.45) is 0 Å². The number of benzene rings is 1. The molecule has 1 aromatic rings. The van der Waals surface area contributed by atoms with Gasteiger partial charge in [0.15, 0.2) is 6.61 Å². The molecule has 0 aromatic heterocycles. The van der Waals surface area contributed by atoms with Crippen molar-refractivity contribution < 1.29 is 19.1 Å². The van der Waals surface area contributed by atoms with Crippen LogP contribution in [-0.4, -0.2) is 41.4 Å². The molecular formula is C24H31N3O4. The van der Waals surface area contributed by atoms with Crippen LogP contribution in [0.1, 0.15) is 81.0 Å². The Hall–Kier alpha value is -2.88. The molecule has 7 heteroatoms. The first-order valence-electron chi connectivity index (χ1n) is 11.3. The van der Waals surface area contributed by atoms with Gasteiger partial charge in [-0.15, -0.1) is 0 Å². The van der Waals surface area contributed by atoms with Gasteiger partial charge >= 0.3 is 5.97 Å². The van der Waals surface area contributed by atoms with Gasteiger partial charge in [0.1, 0.15) is 6.42 Å². The zero-order valence-corrected chi connectivity index (χ0v) is 18.0. The predicted octanol–water partition coefficient (Wildman–Crippen LogP) is 4.19. The highest BCUT2D eigenvalue weighted by Crippen LogP contribution is 2.30. The third kappa shape index (κ3) is 6.55. The number of esters is 1. The van der Waals surface area contributed by atoms with E-state index in [1.165, 1.54) is 25.0 Å². The molecule has 0 saturated heterocycles. The first kappa shape index (κ1) is 22.8. The standard InChI is InChI=1S/C24H31N3O4/c25-16-15-22(28)26-19-13-11-18(12-14-19)24(30)31-17-23(29)27(20-7-3-1-4-8-20)21-9-5-2-6-10-21/h11-14,20-21H,1-10,15,17H2,(H,26,28). The summed E-state index contributed by atoms with van der Waals surface area (Å²) in [5.41, 5.74) is 0.807. The highest BCUT2D eigenvalue weighted by molar-refractivity contribution is 5.94. The lowest BCUT2D eigenvalue weighted by Crippen LogP contribution is -2.50. The fourth-order valence-corrected chi connectivity index (χ4v) is 4.68. The molecule has 0 bridgehead atoms. The van der Waals surface area contributed by atoms with E-state index >= 15 is 0 Å². The van der Waals surface area contributed by atoms with Crippen LogP contribution in [-0.2, 0) is 14.3 Å². The molecule has 2 aliphatic rings. The van der Waals surface area contributed by atoms with Gasteiger partial charge in [-0.25, -0.2) is 4.79 Å². The number of ether oxygens (including phenoxy) is 1.